The fourth-order valence-electron chi connectivity index (χ4n) is 4.43. The molecule has 1 aliphatic rings. The van der Waals surface area contributed by atoms with E-state index in [4.69, 9.17) is 17.0 Å². The average Bonchev–Trinajstić information content (AvgIpc) is 3.42. The van der Waals surface area contributed by atoms with E-state index in [0.717, 1.165) is 17.1 Å². The number of pyridine rings is 1. The summed E-state index contributed by atoms with van der Waals surface area (Å²) in [6.07, 6.45) is 1.80. The van der Waals surface area contributed by atoms with Gasteiger partial charge in [-0.15, -0.1) is 0 Å². The van der Waals surface area contributed by atoms with Crippen molar-refractivity contribution in [1.82, 2.24) is 14.9 Å². The predicted molar refractivity (Wildman–Crippen MR) is 145 cm³/mol. The molecule has 0 bridgehead atoms. The van der Waals surface area contributed by atoms with Gasteiger partial charge in [-0.05, 0) is 79.8 Å². The van der Waals surface area contributed by atoms with Crippen LogP contribution in [0.25, 0.3) is 0 Å². The van der Waals surface area contributed by atoms with E-state index in [1.54, 1.807) is 6.20 Å². The lowest BCUT2D eigenvalue weighted by molar-refractivity contribution is -0.118. The first-order valence-electron chi connectivity index (χ1n) is 11.7. The minimum atomic E-state index is -0.225. The van der Waals surface area contributed by atoms with Crippen molar-refractivity contribution in [2.24, 2.45) is 7.05 Å². The molecule has 0 saturated carbocycles. The quantitative estimate of drug-likeness (QED) is 0.353. The smallest absolute Gasteiger partial charge is 0.262 e. The highest BCUT2D eigenvalue weighted by molar-refractivity contribution is 7.80. The van der Waals surface area contributed by atoms with E-state index in [9.17, 15) is 4.79 Å². The summed E-state index contributed by atoms with van der Waals surface area (Å²) in [5, 5.41) is 6.99. The Balaban J connectivity index is 1.36. The Kier molecular flexibility index (Phi) is 6.69. The first-order chi connectivity index (χ1) is 17.5. The monoisotopic (exact) mass is 497 g/mol. The van der Waals surface area contributed by atoms with Crippen LogP contribution in [0.2, 0.25) is 0 Å². The Morgan fingerprint density at radius 1 is 1.03 bits per heavy atom. The van der Waals surface area contributed by atoms with Crippen molar-refractivity contribution in [3.8, 4) is 5.75 Å². The van der Waals surface area contributed by atoms with Crippen LogP contribution < -0.4 is 20.3 Å². The number of aromatic nitrogens is 2. The molecule has 1 aliphatic heterocycles. The topological polar surface area (TPSA) is 71.4 Å². The molecule has 3 heterocycles. The Bertz CT molecular complexity index is 1360. The average molecular weight is 498 g/mol. The maximum absolute atomic E-state index is 12.4. The van der Waals surface area contributed by atoms with Gasteiger partial charge in [0.1, 0.15) is 11.8 Å². The van der Waals surface area contributed by atoms with Gasteiger partial charge in [-0.25, -0.2) is 0 Å². The molecule has 0 aliphatic carbocycles. The second-order valence-corrected chi connectivity index (χ2v) is 9.04. The van der Waals surface area contributed by atoms with Crippen molar-refractivity contribution in [1.29, 1.82) is 0 Å². The molecule has 0 spiro atoms. The molecule has 36 heavy (non-hydrogen) atoms. The molecule has 2 atom stereocenters. The first-order valence-corrected chi connectivity index (χ1v) is 12.1. The number of hydrogen-bond donors (Lipinski definition) is 2. The summed E-state index contributed by atoms with van der Waals surface area (Å²) in [6, 6.07) is 26.9. The van der Waals surface area contributed by atoms with Crippen molar-refractivity contribution < 1.29 is 9.53 Å². The van der Waals surface area contributed by atoms with Gasteiger partial charge in [0.15, 0.2) is 11.7 Å². The predicted octanol–water partition coefficient (Wildman–Crippen LogP) is 4.92. The van der Waals surface area contributed by atoms with Gasteiger partial charge in [0, 0.05) is 36.0 Å². The zero-order valence-electron chi connectivity index (χ0n) is 20.1. The Morgan fingerprint density at radius 2 is 1.78 bits per heavy atom. The van der Waals surface area contributed by atoms with E-state index in [0.29, 0.717) is 16.5 Å². The van der Waals surface area contributed by atoms with Gasteiger partial charge in [0.05, 0.1) is 11.7 Å². The van der Waals surface area contributed by atoms with Gasteiger partial charge in [-0.3, -0.25) is 9.78 Å². The summed E-state index contributed by atoms with van der Waals surface area (Å²) in [7, 11) is 2.07. The van der Waals surface area contributed by atoms with E-state index in [1.807, 2.05) is 72.8 Å². The number of aryl methyl sites for hydroxylation is 1. The molecular formula is C28H27N5O2S. The minimum Gasteiger partial charge on any atom is -0.484 e. The molecule has 4 aromatic rings. The SMILES string of the molecule is Cc1ccc([C@H]2[C@@H](c3ccccn3)NC(=S)N2c2ccc(NC(=O)COc3ccccc3)cc2)n1C. The van der Waals surface area contributed by atoms with E-state index in [2.05, 4.69) is 51.2 Å². The lowest BCUT2D eigenvalue weighted by Gasteiger charge is -2.28. The van der Waals surface area contributed by atoms with Crippen LogP contribution in [0.1, 0.15) is 29.2 Å². The molecular weight excluding hydrogens is 470 g/mol. The van der Waals surface area contributed by atoms with Crippen molar-refractivity contribution in [2.45, 2.75) is 19.0 Å². The lowest BCUT2D eigenvalue weighted by Crippen LogP contribution is -2.30. The zero-order valence-corrected chi connectivity index (χ0v) is 20.9. The molecule has 8 heteroatoms. The minimum absolute atomic E-state index is 0.0629. The van der Waals surface area contributed by atoms with Gasteiger partial charge in [-0.2, -0.15) is 0 Å². The van der Waals surface area contributed by atoms with Crippen molar-refractivity contribution >= 4 is 34.6 Å². The summed E-state index contributed by atoms with van der Waals surface area (Å²) in [6.45, 7) is 2.02. The Labute approximate surface area is 215 Å². The maximum Gasteiger partial charge on any atom is 0.262 e. The van der Waals surface area contributed by atoms with Crippen LogP contribution in [0.4, 0.5) is 11.4 Å². The molecule has 1 fully saturated rings. The highest BCUT2D eigenvalue weighted by Crippen LogP contribution is 2.41. The van der Waals surface area contributed by atoms with Gasteiger partial charge in [-0.1, -0.05) is 24.3 Å². The van der Waals surface area contributed by atoms with Crippen LogP contribution in [0.15, 0.2) is 91.1 Å². The second-order valence-electron chi connectivity index (χ2n) is 8.65. The fourth-order valence-corrected chi connectivity index (χ4v) is 4.78. The molecule has 0 unspecified atom stereocenters. The van der Waals surface area contributed by atoms with E-state index in [1.165, 1.54) is 5.69 Å². The summed E-state index contributed by atoms with van der Waals surface area (Å²) < 4.78 is 7.72. The number of carbonyl (C=O) groups is 1. The number of carbonyl (C=O) groups excluding carboxylic acids is 1. The third kappa shape index (κ3) is 4.81. The van der Waals surface area contributed by atoms with Gasteiger partial charge >= 0.3 is 0 Å². The summed E-state index contributed by atoms with van der Waals surface area (Å²) >= 11 is 5.80. The van der Waals surface area contributed by atoms with Crippen LogP contribution in [0, 0.1) is 6.92 Å². The third-order valence-electron chi connectivity index (χ3n) is 6.36. The van der Waals surface area contributed by atoms with Gasteiger partial charge in [0.2, 0.25) is 0 Å². The standard InChI is InChI=1S/C28H27N5O2S/c1-19-11-16-24(32(19)2)27-26(23-10-6-7-17-29-23)31-28(36)33(27)21-14-12-20(13-15-21)30-25(34)18-35-22-8-4-3-5-9-22/h3-17,26-27H,18H2,1-2H3,(H,30,34)(H,31,36)/t26-,27+/m1/s1. The van der Waals surface area contributed by atoms with Crippen molar-refractivity contribution in [3.05, 3.63) is 108 Å². The number of nitrogens with one attached hydrogen (secondary N) is 2. The normalized spacial score (nSPS) is 17.1. The maximum atomic E-state index is 12.4. The highest BCUT2D eigenvalue weighted by atomic mass is 32.1. The molecule has 5 rings (SSSR count). The lowest BCUT2D eigenvalue weighted by atomic mass is 10.0. The summed E-state index contributed by atoms with van der Waals surface area (Å²) in [5.41, 5.74) is 4.83. The first kappa shape index (κ1) is 23.6. The van der Waals surface area contributed by atoms with Crippen LogP contribution in [-0.2, 0) is 11.8 Å². The number of para-hydroxylation sites is 1. The van der Waals surface area contributed by atoms with E-state index < -0.39 is 0 Å². The highest BCUT2D eigenvalue weighted by Gasteiger charge is 2.41. The number of rotatable bonds is 7. The number of ether oxygens (including phenoxy) is 1. The third-order valence-corrected chi connectivity index (χ3v) is 6.67. The number of anilines is 2. The van der Waals surface area contributed by atoms with Gasteiger partial charge in [0.25, 0.3) is 5.91 Å². The molecule has 2 aromatic carbocycles. The Morgan fingerprint density at radius 3 is 2.44 bits per heavy atom. The number of thiocarbonyl (C=S) groups is 1. The molecule has 182 valence electrons. The second kappa shape index (κ2) is 10.2. The number of benzene rings is 2. The van der Waals surface area contributed by atoms with Crippen molar-refractivity contribution in [3.63, 3.8) is 0 Å². The molecule has 0 radical (unpaired) electrons. The molecule has 1 saturated heterocycles. The molecule has 2 aromatic heterocycles. The Hall–Kier alpha value is -4.17. The molecule has 2 N–H and O–H groups in total. The number of hydrogen-bond acceptors (Lipinski definition) is 4. The molecule has 1 amide bonds. The van der Waals surface area contributed by atoms with Crippen LogP contribution in [0.5, 0.6) is 5.75 Å². The van der Waals surface area contributed by atoms with Crippen molar-refractivity contribution in [2.75, 3.05) is 16.8 Å². The largest absolute Gasteiger partial charge is 0.484 e. The van der Waals surface area contributed by atoms with Crippen LogP contribution in [-0.4, -0.2) is 27.2 Å². The van der Waals surface area contributed by atoms with Gasteiger partial charge < -0.3 is 24.8 Å². The summed E-state index contributed by atoms with van der Waals surface area (Å²) in [4.78, 5) is 19.1. The molecule has 7 nitrogen and oxygen atoms in total. The van der Waals surface area contributed by atoms with E-state index in [-0.39, 0.29) is 24.6 Å². The fraction of sp³-hybridized carbons (Fsp3) is 0.179. The number of nitrogens with zero attached hydrogens (tertiary/aromatic N) is 3. The van der Waals surface area contributed by atoms with Crippen LogP contribution in [0.3, 0.4) is 0 Å². The number of amides is 1. The van der Waals surface area contributed by atoms with E-state index >= 15 is 0 Å². The van der Waals surface area contributed by atoms with Crippen LogP contribution >= 0.6 is 12.2 Å². The zero-order chi connectivity index (χ0) is 25.1. The summed E-state index contributed by atoms with van der Waals surface area (Å²) in [5.74, 6) is 0.430.